The molecule has 0 aliphatic carbocycles. The first-order valence-corrected chi connectivity index (χ1v) is 15.8. The molecule has 0 N–H and O–H groups in total. The normalized spacial score (nSPS) is 10.0. The van der Waals surface area contributed by atoms with Crippen LogP contribution in [0.25, 0.3) is 0 Å². The maximum atomic E-state index is 13.1. The lowest BCUT2D eigenvalue weighted by Gasteiger charge is -2.19. The van der Waals surface area contributed by atoms with E-state index in [1.807, 2.05) is 62.3 Å². The lowest BCUT2D eigenvalue weighted by molar-refractivity contribution is 0.536. The molecule has 3 aromatic rings. The third-order valence-corrected chi connectivity index (χ3v) is 6.44. The van der Waals surface area contributed by atoms with Crippen molar-refractivity contribution in [2.75, 3.05) is 0 Å². The van der Waals surface area contributed by atoms with Crippen LogP contribution in [0.1, 0.15) is 158 Å². The zero-order valence-corrected chi connectivity index (χ0v) is 31.0. The van der Waals surface area contributed by atoms with Crippen molar-refractivity contribution in [3.8, 4) is 0 Å². The molecule has 0 heterocycles. The van der Waals surface area contributed by atoms with E-state index in [0.717, 1.165) is 0 Å². The first kappa shape index (κ1) is 51.1. The van der Waals surface area contributed by atoms with Gasteiger partial charge in [-0.05, 0) is 83.9 Å². The van der Waals surface area contributed by atoms with Gasteiger partial charge in [-0.15, -0.1) is 0 Å². The summed E-state index contributed by atoms with van der Waals surface area (Å²) in [4.78, 5) is 0. The molecule has 44 heavy (non-hydrogen) atoms. The van der Waals surface area contributed by atoms with Gasteiger partial charge in [0.05, 0.1) is 0 Å². The molecule has 0 spiro atoms. The Morgan fingerprint density at radius 3 is 1.02 bits per heavy atom. The Kier molecular flexibility index (Phi) is 27.7. The Bertz CT molecular complexity index is 1090. The van der Waals surface area contributed by atoms with Gasteiger partial charge in [-0.2, -0.15) is 0 Å². The first-order valence-electron chi connectivity index (χ1n) is 15.8. The molecule has 0 fully saturated rings. The topological polar surface area (TPSA) is 0 Å². The smallest absolute Gasteiger partial charge is 0.129 e. The summed E-state index contributed by atoms with van der Waals surface area (Å²) < 4.78 is 26.3. The van der Waals surface area contributed by atoms with Gasteiger partial charge in [0.2, 0.25) is 0 Å². The summed E-state index contributed by atoms with van der Waals surface area (Å²) in [5.74, 6) is -0.935. The number of halogens is 2. The fraction of sp³-hybridized carbons (Fsp3) is 0.571. The van der Waals surface area contributed by atoms with Crippen LogP contribution in [0.2, 0.25) is 0 Å². The summed E-state index contributed by atoms with van der Waals surface area (Å²) in [5.41, 5.74) is 8.06. The van der Waals surface area contributed by atoms with E-state index < -0.39 is 11.6 Å². The summed E-state index contributed by atoms with van der Waals surface area (Å²) >= 11 is 0. The van der Waals surface area contributed by atoms with Crippen LogP contribution >= 0.6 is 0 Å². The highest BCUT2D eigenvalue weighted by molar-refractivity contribution is 5.33. The lowest BCUT2D eigenvalue weighted by Crippen LogP contribution is -2.12. The fourth-order valence-electron chi connectivity index (χ4n) is 3.34. The van der Waals surface area contributed by atoms with Crippen molar-refractivity contribution in [3.05, 3.63) is 105 Å². The highest BCUT2D eigenvalue weighted by Crippen LogP contribution is 2.26. The molecule has 0 saturated heterocycles. The van der Waals surface area contributed by atoms with Crippen molar-refractivity contribution in [2.45, 2.75) is 163 Å². The Morgan fingerprint density at radius 2 is 0.727 bits per heavy atom. The zero-order valence-electron chi connectivity index (χ0n) is 31.0. The van der Waals surface area contributed by atoms with Crippen molar-refractivity contribution in [1.82, 2.24) is 0 Å². The molecule has 3 rings (SSSR count). The summed E-state index contributed by atoms with van der Waals surface area (Å²) in [5, 5.41) is 0. The molecule has 2 heteroatoms. The van der Waals surface area contributed by atoms with E-state index in [-0.39, 0.29) is 36.7 Å². The minimum absolute atomic E-state index is 0. The molecule has 0 radical (unpaired) electrons. The van der Waals surface area contributed by atoms with Gasteiger partial charge >= 0.3 is 0 Å². The standard InChI is InChI=1S/C12H18.C11H14F2.C11H16.3C2H6.2CH4/c1-9-6-7-11(8-10(9)2)12(3,4)5;1-7-9(12)5-8(6-10(7)13)11(2,3)4;1-9-5-7-10(8-6-9)11(2,3)4;3*1-2;;/h6-8H,1-5H3;5-6H,1-4H3;5-8H,1-4H3;3*1-2H3;2*1H4. The van der Waals surface area contributed by atoms with Crippen molar-refractivity contribution in [2.24, 2.45) is 0 Å². The highest BCUT2D eigenvalue weighted by Gasteiger charge is 2.17. The van der Waals surface area contributed by atoms with Crippen LogP contribution in [0.15, 0.2) is 54.6 Å². The summed E-state index contributed by atoms with van der Waals surface area (Å²) in [6.07, 6.45) is 0. The minimum atomic E-state index is -0.468. The van der Waals surface area contributed by atoms with E-state index in [4.69, 9.17) is 0 Å². The molecule has 0 nitrogen and oxygen atoms in total. The minimum Gasteiger partial charge on any atom is -0.207 e. The molecule has 0 aliphatic heterocycles. The second kappa shape index (κ2) is 23.8. The van der Waals surface area contributed by atoms with Gasteiger partial charge in [-0.25, -0.2) is 8.78 Å². The van der Waals surface area contributed by atoms with Gasteiger partial charge in [0.15, 0.2) is 0 Å². The predicted molar refractivity (Wildman–Crippen MR) is 202 cm³/mol. The van der Waals surface area contributed by atoms with Crippen molar-refractivity contribution < 1.29 is 8.78 Å². The van der Waals surface area contributed by atoms with Crippen LogP contribution in [-0.2, 0) is 16.2 Å². The molecule has 0 saturated carbocycles. The first-order chi connectivity index (χ1) is 19.2. The number of hydrogen-bond donors (Lipinski definition) is 0. The zero-order chi connectivity index (χ0) is 34.1. The molecule has 0 bridgehead atoms. The number of benzene rings is 3. The molecule has 0 atom stereocenters. The second-order valence-corrected chi connectivity index (χ2v) is 13.0. The monoisotopic (exact) mass is 617 g/mol. The molecular formula is C42H74F2. The summed E-state index contributed by atoms with van der Waals surface area (Å²) in [6, 6.07) is 18.3. The van der Waals surface area contributed by atoms with Crippen LogP contribution < -0.4 is 0 Å². The highest BCUT2D eigenvalue weighted by atomic mass is 19.1. The third-order valence-electron chi connectivity index (χ3n) is 6.44. The quantitative estimate of drug-likeness (QED) is 0.236. The van der Waals surface area contributed by atoms with E-state index in [0.29, 0.717) is 5.56 Å². The Balaban J connectivity index is -0.000000156. The van der Waals surface area contributed by atoms with Crippen molar-refractivity contribution >= 4 is 0 Å². The Labute approximate surface area is 276 Å². The largest absolute Gasteiger partial charge is 0.207 e. The lowest BCUT2D eigenvalue weighted by atomic mass is 9.85. The predicted octanol–water partition coefficient (Wildman–Crippen LogP) is 14.8. The van der Waals surface area contributed by atoms with E-state index in [1.54, 1.807) is 0 Å². The molecule has 0 aliphatic rings. The van der Waals surface area contributed by atoms with Crippen molar-refractivity contribution in [3.63, 3.8) is 0 Å². The molecule has 0 amide bonds. The summed E-state index contributed by atoms with van der Waals surface area (Å²) in [7, 11) is 0. The van der Waals surface area contributed by atoms with Crippen LogP contribution in [-0.4, -0.2) is 0 Å². The SMILES string of the molecule is C.C.CC.CC.CC.Cc1c(F)cc(C(C)(C)C)cc1F.Cc1ccc(C(C)(C)C)cc1.Cc1ccc(C(C)(C)C)cc1C. The Hall–Kier alpha value is -2.48. The van der Waals surface area contributed by atoms with Gasteiger partial charge in [-0.3, -0.25) is 0 Å². The van der Waals surface area contributed by atoms with Gasteiger partial charge < -0.3 is 0 Å². The Morgan fingerprint density at radius 1 is 0.409 bits per heavy atom. The van der Waals surface area contributed by atoms with Crippen molar-refractivity contribution in [1.29, 1.82) is 0 Å². The van der Waals surface area contributed by atoms with E-state index >= 15 is 0 Å². The fourth-order valence-corrected chi connectivity index (χ4v) is 3.34. The van der Waals surface area contributed by atoms with Crippen LogP contribution in [0.5, 0.6) is 0 Å². The second-order valence-electron chi connectivity index (χ2n) is 13.0. The molecule has 0 unspecified atom stereocenters. The van der Waals surface area contributed by atoms with Crippen LogP contribution in [0.4, 0.5) is 8.78 Å². The number of hydrogen-bond acceptors (Lipinski definition) is 0. The number of rotatable bonds is 0. The molecule has 3 aromatic carbocycles. The molecular weight excluding hydrogens is 542 g/mol. The van der Waals surface area contributed by atoms with E-state index in [9.17, 15) is 8.78 Å². The van der Waals surface area contributed by atoms with Gasteiger partial charge in [-0.1, -0.05) is 167 Å². The van der Waals surface area contributed by atoms with E-state index in [1.165, 1.54) is 46.9 Å². The van der Waals surface area contributed by atoms with Crippen LogP contribution in [0.3, 0.4) is 0 Å². The maximum absolute atomic E-state index is 13.1. The van der Waals surface area contributed by atoms with Crippen LogP contribution in [0, 0.1) is 39.3 Å². The number of aryl methyl sites for hydroxylation is 3. The molecule has 256 valence electrons. The maximum Gasteiger partial charge on any atom is 0.129 e. The van der Waals surface area contributed by atoms with Gasteiger partial charge in [0.25, 0.3) is 0 Å². The third kappa shape index (κ3) is 19.7. The van der Waals surface area contributed by atoms with Gasteiger partial charge in [0, 0.05) is 5.56 Å². The van der Waals surface area contributed by atoms with E-state index in [2.05, 4.69) is 105 Å². The summed E-state index contributed by atoms with van der Waals surface area (Å²) in [6.45, 7) is 39.1. The average molecular weight is 617 g/mol. The average Bonchev–Trinajstić information content (AvgIpc) is 2.91. The molecule has 0 aromatic heterocycles. The van der Waals surface area contributed by atoms with Gasteiger partial charge in [0.1, 0.15) is 11.6 Å².